The second kappa shape index (κ2) is 4.52. The van der Waals surface area contributed by atoms with E-state index >= 15 is 0 Å². The van der Waals surface area contributed by atoms with Gasteiger partial charge in [-0.15, -0.1) is 0 Å². The maximum absolute atomic E-state index is 11.5. The zero-order chi connectivity index (χ0) is 9.97. The van der Waals surface area contributed by atoms with E-state index in [0.29, 0.717) is 5.75 Å². The third-order valence-corrected chi connectivity index (χ3v) is 3.89. The fourth-order valence-corrected chi connectivity index (χ4v) is 3.09. The number of hydrazine groups is 1. The number of ketones is 1. The molecule has 14 heavy (non-hydrogen) atoms. The largest absolute Gasteiger partial charge is 0.321 e. The van der Waals surface area contributed by atoms with E-state index in [1.807, 2.05) is 0 Å². The molecule has 2 rings (SSSR count). The molecule has 2 aliphatic rings. The molecule has 0 aliphatic carbocycles. The lowest BCUT2D eigenvalue weighted by molar-refractivity contribution is -0.139. The minimum Gasteiger partial charge on any atom is -0.287 e. The lowest BCUT2D eigenvalue weighted by atomic mass is 10.2. The van der Waals surface area contributed by atoms with E-state index in [9.17, 15) is 9.59 Å². The highest BCUT2D eigenvalue weighted by molar-refractivity contribution is 7.98. The predicted molar refractivity (Wildman–Crippen MR) is 55.3 cm³/mol. The van der Waals surface area contributed by atoms with Crippen molar-refractivity contribution in [3.8, 4) is 0 Å². The summed E-state index contributed by atoms with van der Waals surface area (Å²) >= 11 is 2.74. The maximum atomic E-state index is 11.5. The molecular formula is C7H10N3O2S2. The first-order valence-electron chi connectivity index (χ1n) is 4.36. The summed E-state index contributed by atoms with van der Waals surface area (Å²) in [6.45, 7) is 0.868. The lowest BCUT2D eigenvalue weighted by Crippen LogP contribution is -2.54. The van der Waals surface area contributed by atoms with Gasteiger partial charge in [-0.3, -0.25) is 9.59 Å². The van der Waals surface area contributed by atoms with Crippen LogP contribution in [0.4, 0.5) is 0 Å². The topological polar surface area (TPSA) is 63.5 Å². The van der Waals surface area contributed by atoms with E-state index < -0.39 is 11.7 Å². The van der Waals surface area contributed by atoms with Crippen LogP contribution >= 0.6 is 23.9 Å². The van der Waals surface area contributed by atoms with Gasteiger partial charge in [-0.05, 0) is 18.4 Å². The summed E-state index contributed by atoms with van der Waals surface area (Å²) in [6.07, 6.45) is 1.09. The highest BCUT2D eigenvalue weighted by Crippen LogP contribution is 2.22. The van der Waals surface area contributed by atoms with Gasteiger partial charge in [0.1, 0.15) is 6.04 Å². The normalized spacial score (nSPS) is 30.1. The Morgan fingerprint density at radius 1 is 1.50 bits per heavy atom. The minimum atomic E-state index is -0.612. The van der Waals surface area contributed by atoms with Gasteiger partial charge in [0.2, 0.25) is 5.78 Å². The molecule has 0 spiro atoms. The average molecular weight is 232 g/mol. The Kier molecular flexibility index (Phi) is 3.32. The van der Waals surface area contributed by atoms with E-state index in [1.54, 1.807) is 16.4 Å². The van der Waals surface area contributed by atoms with Gasteiger partial charge in [-0.1, -0.05) is 11.9 Å². The van der Waals surface area contributed by atoms with E-state index in [0.717, 1.165) is 18.7 Å². The third kappa shape index (κ3) is 2.05. The molecule has 0 aromatic rings. The molecule has 2 saturated heterocycles. The number of hydrogen-bond donors (Lipinski definition) is 1. The second-order valence-corrected chi connectivity index (χ2v) is 4.83. The van der Waals surface area contributed by atoms with E-state index in [1.165, 1.54) is 11.9 Å². The van der Waals surface area contributed by atoms with E-state index in [2.05, 4.69) is 10.1 Å². The first-order valence-corrected chi connectivity index (χ1v) is 6.24. The van der Waals surface area contributed by atoms with Crippen LogP contribution in [0.1, 0.15) is 6.42 Å². The Balaban J connectivity index is 2.00. The average Bonchev–Trinajstić information content (AvgIpc) is 2.23. The van der Waals surface area contributed by atoms with Gasteiger partial charge in [-0.25, -0.2) is 5.43 Å². The summed E-state index contributed by atoms with van der Waals surface area (Å²) in [5.74, 6) is 0.544. The number of nitrogens with zero attached hydrogens (tertiary/aromatic N) is 2. The first kappa shape index (κ1) is 10.3. The van der Waals surface area contributed by atoms with Crippen molar-refractivity contribution in [2.45, 2.75) is 12.5 Å². The molecule has 0 aromatic carbocycles. The van der Waals surface area contributed by atoms with Gasteiger partial charge in [0.15, 0.2) is 0 Å². The van der Waals surface area contributed by atoms with Crippen molar-refractivity contribution in [3.63, 3.8) is 0 Å². The molecule has 1 radical (unpaired) electrons. The van der Waals surface area contributed by atoms with Crippen LogP contribution in [0.5, 0.6) is 0 Å². The molecule has 2 aliphatic heterocycles. The summed E-state index contributed by atoms with van der Waals surface area (Å²) < 4.78 is 5.32. The summed E-state index contributed by atoms with van der Waals surface area (Å²) in [7, 11) is 0. The number of hydrogen-bond acceptors (Lipinski definition) is 6. The van der Waals surface area contributed by atoms with Gasteiger partial charge in [-0.2, -0.15) is 9.14 Å². The fraction of sp³-hybridized carbons (Fsp3) is 0.714. The van der Waals surface area contributed by atoms with Crippen LogP contribution < -0.4 is 10.1 Å². The summed E-state index contributed by atoms with van der Waals surface area (Å²) in [5.41, 5.74) is 3.11. The Hall–Kier alpha value is -0.240. The van der Waals surface area contributed by atoms with Crippen molar-refractivity contribution in [1.82, 2.24) is 14.6 Å². The smallest absolute Gasteiger partial charge is 0.287 e. The Labute approximate surface area is 90.6 Å². The van der Waals surface area contributed by atoms with Crippen LogP contribution in [0.15, 0.2) is 0 Å². The van der Waals surface area contributed by atoms with Crippen molar-refractivity contribution in [2.24, 2.45) is 0 Å². The molecule has 2 fully saturated rings. The first-order chi connectivity index (χ1) is 6.79. The monoisotopic (exact) mass is 232 g/mol. The molecule has 7 heteroatoms. The molecule has 77 valence electrons. The molecule has 1 unspecified atom stereocenters. The van der Waals surface area contributed by atoms with Gasteiger partial charge in [0.05, 0.1) is 0 Å². The van der Waals surface area contributed by atoms with Crippen molar-refractivity contribution < 1.29 is 9.59 Å². The molecule has 1 atom stereocenters. The molecule has 0 aromatic heterocycles. The zero-order valence-electron chi connectivity index (χ0n) is 7.43. The van der Waals surface area contributed by atoms with Crippen LogP contribution in [0.25, 0.3) is 0 Å². The standard InChI is InChI=1S/C7H10N3O2S2/c11-6-5(4-13-9-7(6)12)10-8-2-1-3-14-10/h5,8H,1-4H2. The van der Waals surface area contributed by atoms with E-state index in [4.69, 9.17) is 0 Å². The van der Waals surface area contributed by atoms with Gasteiger partial charge in [0.25, 0.3) is 0 Å². The SMILES string of the molecule is O=C1[N]SCC(N2NCCCS2)C1=O. The predicted octanol–water partition coefficient (Wildman–Crippen LogP) is -0.425. The molecule has 5 nitrogen and oxygen atoms in total. The second-order valence-electron chi connectivity index (χ2n) is 2.99. The Morgan fingerprint density at radius 2 is 2.36 bits per heavy atom. The molecule has 2 heterocycles. The number of rotatable bonds is 1. The summed E-state index contributed by atoms with van der Waals surface area (Å²) in [4.78, 5) is 22.5. The summed E-state index contributed by atoms with van der Waals surface area (Å²) in [5, 5.41) is 0. The molecule has 0 bridgehead atoms. The molecule has 1 amide bonds. The fourth-order valence-electron chi connectivity index (χ4n) is 1.27. The minimum absolute atomic E-state index is 0.352. The number of Topliss-reactive ketones (excluding diaryl/α,β-unsaturated/α-hetero) is 1. The highest BCUT2D eigenvalue weighted by Gasteiger charge is 2.36. The Morgan fingerprint density at radius 3 is 3.07 bits per heavy atom. The van der Waals surface area contributed by atoms with Crippen molar-refractivity contribution in [1.29, 1.82) is 0 Å². The maximum Gasteiger partial charge on any atom is 0.321 e. The molecule has 1 N–H and O–H groups in total. The Bertz CT molecular complexity index is 255. The lowest BCUT2D eigenvalue weighted by Gasteiger charge is -2.33. The zero-order valence-corrected chi connectivity index (χ0v) is 9.07. The number of carbonyl (C=O) groups is 2. The van der Waals surface area contributed by atoms with Crippen LogP contribution in [-0.4, -0.2) is 40.2 Å². The quantitative estimate of drug-likeness (QED) is 0.489. The highest BCUT2D eigenvalue weighted by atomic mass is 32.2. The summed E-state index contributed by atoms with van der Waals surface area (Å²) in [6, 6.07) is -0.352. The molecular weight excluding hydrogens is 222 g/mol. The number of carbonyl (C=O) groups excluding carboxylic acids is 2. The van der Waals surface area contributed by atoms with Crippen molar-refractivity contribution in [3.05, 3.63) is 0 Å². The van der Waals surface area contributed by atoms with Gasteiger partial charge in [0, 0.05) is 18.1 Å². The van der Waals surface area contributed by atoms with Gasteiger partial charge >= 0.3 is 5.91 Å². The van der Waals surface area contributed by atoms with Crippen LogP contribution in [-0.2, 0) is 9.59 Å². The third-order valence-electron chi connectivity index (χ3n) is 2.00. The van der Waals surface area contributed by atoms with Crippen molar-refractivity contribution in [2.75, 3.05) is 18.1 Å². The molecule has 0 saturated carbocycles. The number of nitrogens with one attached hydrogen (secondary N) is 1. The van der Waals surface area contributed by atoms with Crippen molar-refractivity contribution >= 4 is 35.6 Å². The number of amides is 1. The van der Waals surface area contributed by atoms with Crippen LogP contribution in [0.3, 0.4) is 0 Å². The van der Waals surface area contributed by atoms with Crippen LogP contribution in [0, 0.1) is 0 Å². The van der Waals surface area contributed by atoms with E-state index in [-0.39, 0.29) is 6.04 Å². The van der Waals surface area contributed by atoms with Crippen LogP contribution in [0.2, 0.25) is 0 Å². The van der Waals surface area contributed by atoms with Gasteiger partial charge < -0.3 is 0 Å².